The molecule has 4 heteroatoms. The highest BCUT2D eigenvalue weighted by Gasteiger charge is 2.30. The first-order chi connectivity index (χ1) is 8.44. The normalized spacial score (nSPS) is 22.3. The molecule has 1 rings (SSSR count). The Hall–Kier alpha value is 0.230. The minimum atomic E-state index is 0.377. The van der Waals surface area contributed by atoms with Gasteiger partial charge in [-0.1, -0.05) is 13.8 Å². The molecule has 0 radical (unpaired) electrons. The predicted octanol–water partition coefficient (Wildman–Crippen LogP) is 2.07. The van der Waals surface area contributed by atoms with E-state index in [1.54, 1.807) is 7.11 Å². The van der Waals surface area contributed by atoms with Gasteiger partial charge < -0.3 is 10.1 Å². The van der Waals surface area contributed by atoms with E-state index < -0.39 is 0 Å². The quantitative estimate of drug-likeness (QED) is 0.768. The summed E-state index contributed by atoms with van der Waals surface area (Å²) in [6, 6.07) is 0.508. The lowest BCUT2D eigenvalue weighted by Crippen LogP contribution is -2.53. The summed E-state index contributed by atoms with van der Waals surface area (Å²) in [6.45, 7) is 14.5. The van der Waals surface area contributed by atoms with Crippen molar-refractivity contribution in [1.82, 2.24) is 10.2 Å². The summed E-state index contributed by atoms with van der Waals surface area (Å²) in [4.78, 5) is 2.59. The largest absolute Gasteiger partial charge is 0.383 e. The number of ether oxygens (including phenoxy) is 1. The lowest BCUT2D eigenvalue weighted by molar-refractivity contribution is 0.0855. The number of nitrogens with one attached hydrogen (secondary N) is 1. The van der Waals surface area contributed by atoms with Crippen LogP contribution in [0.5, 0.6) is 0 Å². The zero-order valence-corrected chi connectivity index (χ0v) is 13.5. The molecule has 108 valence electrons. The summed E-state index contributed by atoms with van der Waals surface area (Å²) in [6.07, 6.45) is 0. The zero-order chi connectivity index (χ0) is 13.6. The van der Waals surface area contributed by atoms with E-state index in [1.807, 2.05) is 0 Å². The molecule has 3 nitrogen and oxygen atoms in total. The van der Waals surface area contributed by atoms with E-state index in [9.17, 15) is 0 Å². The zero-order valence-electron chi connectivity index (χ0n) is 12.7. The van der Waals surface area contributed by atoms with Crippen LogP contribution in [0.1, 0.15) is 27.7 Å². The molecule has 0 aromatic carbocycles. The van der Waals surface area contributed by atoms with Crippen LogP contribution < -0.4 is 5.32 Å². The fraction of sp³-hybridized carbons (Fsp3) is 1.00. The van der Waals surface area contributed by atoms with Gasteiger partial charge in [-0.3, -0.25) is 4.90 Å². The molecule has 1 aliphatic rings. The van der Waals surface area contributed by atoms with Gasteiger partial charge in [-0.15, -0.1) is 0 Å². The molecule has 1 aliphatic heterocycles. The molecule has 1 heterocycles. The van der Waals surface area contributed by atoms with E-state index in [4.69, 9.17) is 4.74 Å². The number of nitrogens with zero attached hydrogens (tertiary/aromatic N) is 1. The van der Waals surface area contributed by atoms with Crippen molar-refractivity contribution in [3.05, 3.63) is 0 Å². The second kappa shape index (κ2) is 7.73. The van der Waals surface area contributed by atoms with Gasteiger partial charge in [-0.25, -0.2) is 0 Å². The Morgan fingerprint density at radius 1 is 1.33 bits per heavy atom. The van der Waals surface area contributed by atoms with E-state index in [0.717, 1.165) is 26.2 Å². The Morgan fingerprint density at radius 3 is 2.61 bits per heavy atom. The summed E-state index contributed by atoms with van der Waals surface area (Å²) in [5, 5.41) is 3.57. The molecule has 0 aromatic rings. The van der Waals surface area contributed by atoms with Gasteiger partial charge in [0.2, 0.25) is 0 Å². The Balaban J connectivity index is 2.44. The summed E-state index contributed by atoms with van der Waals surface area (Å²) in [5.41, 5.74) is 0. The van der Waals surface area contributed by atoms with E-state index in [-0.39, 0.29) is 0 Å². The van der Waals surface area contributed by atoms with Crippen molar-refractivity contribution in [3.8, 4) is 0 Å². The number of hydrogen-bond donors (Lipinski definition) is 1. The second-order valence-electron chi connectivity index (χ2n) is 6.24. The molecule has 0 saturated carbocycles. The summed E-state index contributed by atoms with van der Waals surface area (Å²) in [5.74, 6) is 1.94. The van der Waals surface area contributed by atoms with Gasteiger partial charge in [0.15, 0.2) is 0 Å². The molecular weight excluding hydrogens is 244 g/mol. The van der Waals surface area contributed by atoms with Gasteiger partial charge in [0.05, 0.1) is 6.61 Å². The highest BCUT2D eigenvalue weighted by Crippen LogP contribution is 2.30. The standard InChI is InChI=1S/C14H30N2OS/c1-12(2)8-15-9-13(10-17-5)16-6-7-18-14(3,4)11-16/h12-13,15H,6-11H2,1-5H3. The molecule has 0 aromatic heterocycles. The number of rotatable bonds is 7. The lowest BCUT2D eigenvalue weighted by atomic mass is 10.1. The maximum atomic E-state index is 5.39. The number of hydrogen-bond acceptors (Lipinski definition) is 4. The summed E-state index contributed by atoms with van der Waals surface area (Å²) < 4.78 is 5.77. The van der Waals surface area contributed by atoms with E-state index in [1.165, 1.54) is 12.3 Å². The molecule has 0 amide bonds. The van der Waals surface area contributed by atoms with Crippen molar-refractivity contribution in [2.24, 2.45) is 5.92 Å². The Bertz CT molecular complexity index is 234. The van der Waals surface area contributed by atoms with Crippen molar-refractivity contribution < 1.29 is 4.74 Å². The molecule has 18 heavy (non-hydrogen) atoms. The Kier molecular flexibility index (Phi) is 6.99. The molecule has 0 bridgehead atoms. The summed E-state index contributed by atoms with van der Waals surface area (Å²) >= 11 is 2.09. The van der Waals surface area contributed by atoms with Crippen molar-refractivity contribution in [3.63, 3.8) is 0 Å². The van der Waals surface area contributed by atoms with Crippen LogP contribution in [0, 0.1) is 5.92 Å². The molecule has 1 saturated heterocycles. The van der Waals surface area contributed by atoms with Crippen molar-refractivity contribution in [1.29, 1.82) is 0 Å². The van der Waals surface area contributed by atoms with Crippen LogP contribution in [0.3, 0.4) is 0 Å². The average Bonchev–Trinajstić information content (AvgIpc) is 2.26. The first-order valence-electron chi connectivity index (χ1n) is 7.02. The highest BCUT2D eigenvalue weighted by molar-refractivity contribution is 8.00. The van der Waals surface area contributed by atoms with Crippen molar-refractivity contribution in [2.45, 2.75) is 38.5 Å². The fourth-order valence-electron chi connectivity index (χ4n) is 2.39. The maximum absolute atomic E-state index is 5.39. The fourth-order valence-corrected chi connectivity index (χ4v) is 3.52. The molecule has 0 spiro atoms. The van der Waals surface area contributed by atoms with Gasteiger partial charge in [0.25, 0.3) is 0 Å². The van der Waals surface area contributed by atoms with E-state index in [2.05, 4.69) is 49.7 Å². The monoisotopic (exact) mass is 274 g/mol. The highest BCUT2D eigenvalue weighted by atomic mass is 32.2. The Morgan fingerprint density at radius 2 is 2.06 bits per heavy atom. The molecule has 1 fully saturated rings. The molecule has 1 N–H and O–H groups in total. The first kappa shape index (κ1) is 16.3. The van der Waals surface area contributed by atoms with E-state index in [0.29, 0.717) is 16.7 Å². The van der Waals surface area contributed by atoms with Crippen molar-refractivity contribution in [2.75, 3.05) is 45.6 Å². The van der Waals surface area contributed by atoms with Gasteiger partial charge in [0, 0.05) is 43.3 Å². The average molecular weight is 274 g/mol. The van der Waals surface area contributed by atoms with Gasteiger partial charge >= 0.3 is 0 Å². The second-order valence-corrected chi connectivity index (χ2v) is 8.04. The predicted molar refractivity (Wildman–Crippen MR) is 81.5 cm³/mol. The topological polar surface area (TPSA) is 24.5 Å². The smallest absolute Gasteiger partial charge is 0.0630 e. The van der Waals surface area contributed by atoms with Crippen LogP contribution in [0.4, 0.5) is 0 Å². The molecular formula is C14H30N2OS. The minimum Gasteiger partial charge on any atom is -0.383 e. The minimum absolute atomic E-state index is 0.377. The van der Waals surface area contributed by atoms with Crippen molar-refractivity contribution >= 4 is 11.8 Å². The lowest BCUT2D eigenvalue weighted by Gasteiger charge is -2.41. The maximum Gasteiger partial charge on any atom is 0.0630 e. The van der Waals surface area contributed by atoms with Gasteiger partial charge in [-0.05, 0) is 26.3 Å². The van der Waals surface area contributed by atoms with E-state index >= 15 is 0 Å². The third-order valence-corrected chi connectivity index (χ3v) is 4.56. The third kappa shape index (κ3) is 5.91. The molecule has 1 atom stereocenters. The first-order valence-corrected chi connectivity index (χ1v) is 8.01. The van der Waals surface area contributed by atoms with Crippen LogP contribution in [-0.4, -0.2) is 61.3 Å². The molecule has 1 unspecified atom stereocenters. The SMILES string of the molecule is COCC(CNCC(C)C)N1CCSC(C)(C)C1. The molecule has 0 aliphatic carbocycles. The van der Waals surface area contributed by atoms with Crippen LogP contribution >= 0.6 is 11.8 Å². The van der Waals surface area contributed by atoms with Crippen LogP contribution in [0.15, 0.2) is 0 Å². The summed E-state index contributed by atoms with van der Waals surface area (Å²) in [7, 11) is 1.80. The van der Waals surface area contributed by atoms with Gasteiger partial charge in [0.1, 0.15) is 0 Å². The van der Waals surface area contributed by atoms with Crippen LogP contribution in [0.25, 0.3) is 0 Å². The van der Waals surface area contributed by atoms with Crippen LogP contribution in [0.2, 0.25) is 0 Å². The number of methoxy groups -OCH3 is 1. The van der Waals surface area contributed by atoms with Crippen LogP contribution in [-0.2, 0) is 4.74 Å². The Labute approximate surface area is 117 Å². The third-order valence-electron chi connectivity index (χ3n) is 3.26. The number of thioether (sulfide) groups is 1. The van der Waals surface area contributed by atoms with Gasteiger partial charge in [-0.2, -0.15) is 11.8 Å².